The Balaban J connectivity index is 1.44. The summed E-state index contributed by atoms with van der Waals surface area (Å²) in [4.78, 5) is 12.0. The topological polar surface area (TPSA) is 91.1 Å². The summed E-state index contributed by atoms with van der Waals surface area (Å²) < 4.78 is 5.26. The van der Waals surface area contributed by atoms with Gasteiger partial charge in [0.2, 0.25) is 5.89 Å². The fraction of sp³-hybridized carbons (Fsp3) is 0.450. The van der Waals surface area contributed by atoms with Gasteiger partial charge in [0.1, 0.15) is 0 Å². The minimum absolute atomic E-state index is 0.276. The quantitative estimate of drug-likeness (QED) is 0.441. The van der Waals surface area contributed by atoms with Crippen molar-refractivity contribution < 1.29 is 4.52 Å². The van der Waals surface area contributed by atoms with Crippen molar-refractivity contribution in [2.45, 2.75) is 39.5 Å². The van der Waals surface area contributed by atoms with Gasteiger partial charge >= 0.3 is 0 Å². The molecule has 7 nitrogen and oxygen atoms in total. The van der Waals surface area contributed by atoms with Crippen LogP contribution in [-0.4, -0.2) is 41.2 Å². The predicted octanol–water partition coefficient (Wildman–Crippen LogP) is 2.93. The van der Waals surface area contributed by atoms with Crippen molar-refractivity contribution in [1.29, 1.82) is 0 Å². The van der Waals surface area contributed by atoms with Gasteiger partial charge in [-0.2, -0.15) is 4.98 Å². The van der Waals surface area contributed by atoms with Crippen molar-refractivity contribution in [2.75, 3.05) is 20.1 Å². The predicted molar refractivity (Wildman–Crippen MR) is 108 cm³/mol. The van der Waals surface area contributed by atoms with Gasteiger partial charge in [0.05, 0.1) is 0 Å². The lowest BCUT2D eigenvalue weighted by molar-refractivity contribution is 0.371. The fourth-order valence-corrected chi connectivity index (χ4v) is 2.94. The van der Waals surface area contributed by atoms with E-state index >= 15 is 0 Å². The summed E-state index contributed by atoms with van der Waals surface area (Å²) in [6.07, 6.45) is 3.68. The Labute approximate surface area is 159 Å². The Morgan fingerprint density at radius 3 is 2.70 bits per heavy atom. The second-order valence-electron chi connectivity index (χ2n) is 6.99. The first kappa shape index (κ1) is 18.9. The van der Waals surface area contributed by atoms with Crippen LogP contribution in [0.5, 0.6) is 0 Å². The van der Waals surface area contributed by atoms with Crippen LogP contribution in [0.1, 0.15) is 42.6 Å². The summed E-state index contributed by atoms with van der Waals surface area (Å²) in [5, 5.41) is 11.9. The summed E-state index contributed by atoms with van der Waals surface area (Å²) in [6.45, 7) is 7.69. The molecule has 3 N–H and O–H groups in total. The minimum atomic E-state index is 0.276. The number of hydrogen-bond acceptors (Lipinski definition) is 4. The van der Waals surface area contributed by atoms with Gasteiger partial charge in [-0.3, -0.25) is 4.99 Å². The van der Waals surface area contributed by atoms with Gasteiger partial charge in [-0.1, -0.05) is 31.1 Å². The zero-order valence-electron chi connectivity index (χ0n) is 16.5. The molecule has 0 aliphatic rings. The first-order chi connectivity index (χ1) is 13.1. The van der Waals surface area contributed by atoms with E-state index in [9.17, 15) is 0 Å². The molecule has 27 heavy (non-hydrogen) atoms. The molecule has 144 valence electrons. The van der Waals surface area contributed by atoms with Crippen LogP contribution in [0.3, 0.4) is 0 Å². The molecule has 0 bridgehead atoms. The summed E-state index contributed by atoms with van der Waals surface area (Å²) in [6, 6.07) is 6.50. The van der Waals surface area contributed by atoms with Gasteiger partial charge in [-0.25, -0.2) is 0 Å². The summed E-state index contributed by atoms with van der Waals surface area (Å²) in [7, 11) is 1.77. The SMILES string of the molecule is CN=C(NCCc1nc(C(C)C)no1)NCCc1c[nH]c2cc(C)ccc12. The van der Waals surface area contributed by atoms with Crippen LogP contribution in [0.25, 0.3) is 10.9 Å². The van der Waals surface area contributed by atoms with Gasteiger partial charge in [0.25, 0.3) is 0 Å². The lowest BCUT2D eigenvalue weighted by Crippen LogP contribution is -2.39. The smallest absolute Gasteiger partial charge is 0.228 e. The molecule has 0 unspecified atom stereocenters. The molecule has 0 atom stereocenters. The molecule has 0 fully saturated rings. The molecule has 0 radical (unpaired) electrons. The van der Waals surface area contributed by atoms with Crippen LogP contribution >= 0.6 is 0 Å². The van der Waals surface area contributed by atoms with Crippen LogP contribution in [0.2, 0.25) is 0 Å². The van der Waals surface area contributed by atoms with Crippen LogP contribution in [0, 0.1) is 6.92 Å². The van der Waals surface area contributed by atoms with Gasteiger partial charge in [0, 0.05) is 49.6 Å². The third-order valence-electron chi connectivity index (χ3n) is 4.46. The second-order valence-corrected chi connectivity index (χ2v) is 6.99. The number of fused-ring (bicyclic) bond motifs is 1. The maximum absolute atomic E-state index is 5.26. The van der Waals surface area contributed by atoms with Crippen molar-refractivity contribution >= 4 is 16.9 Å². The second kappa shape index (κ2) is 8.70. The molecule has 0 spiro atoms. The summed E-state index contributed by atoms with van der Waals surface area (Å²) in [5.74, 6) is 2.45. The van der Waals surface area contributed by atoms with Gasteiger partial charge in [-0.15, -0.1) is 0 Å². The normalized spacial score (nSPS) is 12.1. The molecule has 2 heterocycles. The average molecular weight is 368 g/mol. The number of aliphatic imine (C=N–C) groups is 1. The van der Waals surface area contributed by atoms with E-state index in [0.29, 0.717) is 18.9 Å². The Morgan fingerprint density at radius 1 is 1.22 bits per heavy atom. The van der Waals surface area contributed by atoms with Gasteiger partial charge < -0.3 is 20.1 Å². The fourth-order valence-electron chi connectivity index (χ4n) is 2.94. The lowest BCUT2D eigenvalue weighted by atomic mass is 10.1. The third kappa shape index (κ3) is 4.87. The molecule has 0 amide bonds. The number of aryl methyl sites for hydroxylation is 1. The number of guanidine groups is 1. The Morgan fingerprint density at radius 2 is 2.00 bits per heavy atom. The molecular weight excluding hydrogens is 340 g/mol. The van der Waals surface area contributed by atoms with Crippen molar-refractivity contribution in [3.05, 3.63) is 47.2 Å². The average Bonchev–Trinajstić information content (AvgIpc) is 3.27. The molecule has 3 aromatic rings. The van der Waals surface area contributed by atoms with Crippen molar-refractivity contribution in [1.82, 2.24) is 25.8 Å². The number of H-pyrrole nitrogens is 1. The highest BCUT2D eigenvalue weighted by atomic mass is 16.5. The molecule has 7 heteroatoms. The van der Waals surface area contributed by atoms with E-state index in [1.807, 2.05) is 13.8 Å². The van der Waals surface area contributed by atoms with Crippen LogP contribution in [0.15, 0.2) is 33.9 Å². The van der Waals surface area contributed by atoms with E-state index in [1.54, 1.807) is 7.05 Å². The minimum Gasteiger partial charge on any atom is -0.361 e. The molecule has 0 aliphatic carbocycles. The standard InChI is InChI=1S/C20H28N6O/c1-13(2)19-25-18(27-26-19)8-10-23-20(21-4)22-9-7-15-12-24-17-11-14(3)5-6-16(15)17/h5-6,11-13,24H,7-10H2,1-4H3,(H2,21,22,23). The molecule has 0 saturated carbocycles. The largest absolute Gasteiger partial charge is 0.361 e. The Kier molecular flexibility index (Phi) is 6.11. The number of hydrogen-bond donors (Lipinski definition) is 3. The third-order valence-corrected chi connectivity index (χ3v) is 4.46. The maximum atomic E-state index is 5.26. The summed E-state index contributed by atoms with van der Waals surface area (Å²) >= 11 is 0. The van der Waals surface area contributed by atoms with E-state index in [-0.39, 0.29) is 5.92 Å². The van der Waals surface area contributed by atoms with Crippen molar-refractivity contribution in [3.8, 4) is 0 Å². The number of aromatic nitrogens is 3. The molecule has 0 aliphatic heterocycles. The monoisotopic (exact) mass is 368 g/mol. The first-order valence-corrected chi connectivity index (χ1v) is 9.40. The lowest BCUT2D eigenvalue weighted by Gasteiger charge is -2.10. The zero-order chi connectivity index (χ0) is 19.2. The number of nitrogens with zero attached hydrogens (tertiary/aromatic N) is 3. The summed E-state index contributed by atoms with van der Waals surface area (Å²) in [5.41, 5.74) is 3.76. The van der Waals surface area contributed by atoms with Gasteiger partial charge in [0.15, 0.2) is 11.8 Å². The number of rotatable bonds is 7. The van der Waals surface area contributed by atoms with Crippen molar-refractivity contribution in [2.24, 2.45) is 4.99 Å². The van der Waals surface area contributed by atoms with E-state index in [4.69, 9.17) is 4.52 Å². The highest BCUT2D eigenvalue weighted by molar-refractivity contribution is 5.84. The first-order valence-electron chi connectivity index (χ1n) is 9.40. The molecule has 2 aromatic heterocycles. The van der Waals surface area contributed by atoms with E-state index < -0.39 is 0 Å². The number of benzene rings is 1. The highest BCUT2D eigenvalue weighted by Gasteiger charge is 2.09. The van der Waals surface area contributed by atoms with Crippen LogP contribution in [0.4, 0.5) is 0 Å². The van der Waals surface area contributed by atoms with E-state index in [0.717, 1.165) is 24.7 Å². The van der Waals surface area contributed by atoms with Gasteiger partial charge in [-0.05, 0) is 30.5 Å². The maximum Gasteiger partial charge on any atom is 0.228 e. The van der Waals surface area contributed by atoms with E-state index in [2.05, 4.69) is 62.1 Å². The van der Waals surface area contributed by atoms with Crippen LogP contribution < -0.4 is 10.6 Å². The van der Waals surface area contributed by atoms with Crippen LogP contribution in [-0.2, 0) is 12.8 Å². The highest BCUT2D eigenvalue weighted by Crippen LogP contribution is 2.19. The molecular formula is C20H28N6O. The molecule has 1 aromatic carbocycles. The zero-order valence-corrected chi connectivity index (χ0v) is 16.5. The Hall–Kier alpha value is -2.83. The van der Waals surface area contributed by atoms with E-state index in [1.165, 1.54) is 22.0 Å². The number of aromatic amines is 1. The Bertz CT molecular complexity index is 908. The molecule has 3 rings (SSSR count). The number of nitrogens with one attached hydrogen (secondary N) is 3. The molecule has 0 saturated heterocycles. The van der Waals surface area contributed by atoms with Crippen molar-refractivity contribution in [3.63, 3.8) is 0 Å².